The Morgan fingerprint density at radius 2 is 1.26 bits per heavy atom. The van der Waals surface area contributed by atoms with Crippen LogP contribution in [0.15, 0.2) is 48.5 Å². The third-order valence-corrected chi connectivity index (χ3v) is 7.39. The van der Waals surface area contributed by atoms with E-state index in [2.05, 4.69) is 62.4 Å². The summed E-state index contributed by atoms with van der Waals surface area (Å²) in [6.45, 7) is 6.00. The molecular formula is C29H40O2. The van der Waals surface area contributed by atoms with Crippen molar-refractivity contribution in [3.05, 3.63) is 70.8 Å². The van der Waals surface area contributed by atoms with E-state index >= 15 is 0 Å². The van der Waals surface area contributed by atoms with E-state index in [4.69, 9.17) is 9.47 Å². The van der Waals surface area contributed by atoms with E-state index in [-0.39, 0.29) is 6.29 Å². The predicted molar refractivity (Wildman–Crippen MR) is 128 cm³/mol. The molecule has 2 heteroatoms. The van der Waals surface area contributed by atoms with Crippen molar-refractivity contribution in [3.63, 3.8) is 0 Å². The highest BCUT2D eigenvalue weighted by atomic mass is 16.7. The molecule has 0 spiro atoms. The summed E-state index contributed by atoms with van der Waals surface area (Å²) in [5.74, 6) is 2.05. The van der Waals surface area contributed by atoms with Crippen molar-refractivity contribution in [3.8, 4) is 0 Å². The molecule has 4 rings (SSSR count). The summed E-state index contributed by atoms with van der Waals surface area (Å²) in [6.07, 6.45) is 11.7. The minimum atomic E-state index is -0.228. The summed E-state index contributed by atoms with van der Waals surface area (Å²) in [5, 5.41) is 0. The zero-order chi connectivity index (χ0) is 21.5. The van der Waals surface area contributed by atoms with Gasteiger partial charge in [-0.3, -0.25) is 0 Å². The second-order valence-corrected chi connectivity index (χ2v) is 9.71. The molecule has 2 aromatic carbocycles. The first-order chi connectivity index (χ1) is 15.3. The Morgan fingerprint density at radius 3 is 1.84 bits per heavy atom. The average molecular weight is 421 g/mol. The van der Waals surface area contributed by atoms with Gasteiger partial charge in [0.15, 0.2) is 6.29 Å². The molecule has 1 aliphatic heterocycles. The maximum atomic E-state index is 6.11. The van der Waals surface area contributed by atoms with Gasteiger partial charge in [0.2, 0.25) is 0 Å². The lowest BCUT2D eigenvalue weighted by Crippen LogP contribution is -2.25. The Labute approximate surface area is 189 Å². The molecule has 2 nitrogen and oxygen atoms in total. The normalized spacial score (nSPS) is 26.6. The van der Waals surface area contributed by atoms with Gasteiger partial charge in [0, 0.05) is 11.5 Å². The number of aryl methyl sites for hydroxylation is 1. The van der Waals surface area contributed by atoms with Crippen LogP contribution in [-0.4, -0.2) is 13.2 Å². The largest absolute Gasteiger partial charge is 0.348 e. The van der Waals surface area contributed by atoms with Gasteiger partial charge in [-0.25, -0.2) is 0 Å². The van der Waals surface area contributed by atoms with Crippen LogP contribution < -0.4 is 0 Å². The summed E-state index contributed by atoms with van der Waals surface area (Å²) in [6, 6.07) is 18.1. The Bertz CT molecular complexity index is 763. The zero-order valence-corrected chi connectivity index (χ0v) is 19.5. The van der Waals surface area contributed by atoms with Crippen LogP contribution in [0.5, 0.6) is 0 Å². The smallest absolute Gasteiger partial charge is 0.183 e. The highest BCUT2D eigenvalue weighted by molar-refractivity contribution is 5.29. The predicted octanol–water partition coefficient (Wildman–Crippen LogP) is 7.93. The summed E-state index contributed by atoms with van der Waals surface area (Å²) < 4.78 is 12.2. The van der Waals surface area contributed by atoms with Crippen LogP contribution in [0.25, 0.3) is 0 Å². The van der Waals surface area contributed by atoms with E-state index < -0.39 is 0 Å². The van der Waals surface area contributed by atoms with Gasteiger partial charge in [-0.2, -0.15) is 0 Å². The van der Waals surface area contributed by atoms with Gasteiger partial charge >= 0.3 is 0 Å². The first kappa shape index (κ1) is 22.6. The summed E-state index contributed by atoms with van der Waals surface area (Å²) in [7, 11) is 0. The number of rotatable bonds is 8. The topological polar surface area (TPSA) is 18.5 Å². The lowest BCUT2D eigenvalue weighted by Gasteiger charge is -2.31. The van der Waals surface area contributed by atoms with E-state index in [1.54, 1.807) is 0 Å². The van der Waals surface area contributed by atoms with Crippen LogP contribution in [0, 0.1) is 5.92 Å². The fourth-order valence-electron chi connectivity index (χ4n) is 5.34. The van der Waals surface area contributed by atoms with Crippen molar-refractivity contribution >= 4 is 0 Å². The van der Waals surface area contributed by atoms with Gasteiger partial charge in [-0.05, 0) is 67.1 Å². The Balaban J connectivity index is 1.27. The molecule has 31 heavy (non-hydrogen) atoms. The monoisotopic (exact) mass is 420 g/mol. The lowest BCUT2D eigenvalue weighted by atomic mass is 9.77. The molecule has 0 aromatic heterocycles. The molecule has 1 heterocycles. The summed E-state index contributed by atoms with van der Waals surface area (Å²) in [4.78, 5) is 0. The van der Waals surface area contributed by atoms with Gasteiger partial charge in [0.1, 0.15) is 0 Å². The third-order valence-electron chi connectivity index (χ3n) is 7.39. The number of benzene rings is 2. The fraction of sp³-hybridized carbons (Fsp3) is 0.586. The van der Waals surface area contributed by atoms with Crippen molar-refractivity contribution in [2.45, 2.75) is 89.8 Å². The SMILES string of the molecule is CCCCc1ccc(C2OCC(c3ccc(C4CCC(CCC)CC4)cc3)CO2)cc1. The second-order valence-electron chi connectivity index (χ2n) is 9.71. The maximum absolute atomic E-state index is 6.11. The third kappa shape index (κ3) is 5.99. The van der Waals surface area contributed by atoms with E-state index in [0.29, 0.717) is 5.92 Å². The van der Waals surface area contributed by atoms with E-state index in [1.165, 1.54) is 68.1 Å². The molecule has 0 N–H and O–H groups in total. The quantitative estimate of drug-likeness (QED) is 0.431. The molecule has 0 bridgehead atoms. The van der Waals surface area contributed by atoms with Crippen molar-refractivity contribution in [2.24, 2.45) is 5.92 Å². The van der Waals surface area contributed by atoms with Gasteiger partial charge in [0.05, 0.1) is 13.2 Å². The molecular weight excluding hydrogens is 380 g/mol. The molecule has 2 fully saturated rings. The minimum absolute atomic E-state index is 0.228. The highest BCUT2D eigenvalue weighted by Crippen LogP contribution is 2.38. The van der Waals surface area contributed by atoms with Crippen molar-refractivity contribution < 1.29 is 9.47 Å². The van der Waals surface area contributed by atoms with Crippen LogP contribution in [0.2, 0.25) is 0 Å². The zero-order valence-electron chi connectivity index (χ0n) is 19.5. The number of hydrogen-bond acceptors (Lipinski definition) is 2. The van der Waals surface area contributed by atoms with E-state index in [0.717, 1.165) is 37.0 Å². The Kier molecular flexibility index (Phi) is 8.21. The lowest BCUT2D eigenvalue weighted by molar-refractivity contribution is -0.191. The molecule has 2 aromatic rings. The van der Waals surface area contributed by atoms with Crippen molar-refractivity contribution in [2.75, 3.05) is 13.2 Å². The molecule has 0 unspecified atom stereocenters. The molecule has 0 amide bonds. The minimum Gasteiger partial charge on any atom is -0.348 e. The molecule has 0 radical (unpaired) electrons. The average Bonchev–Trinajstić information content (AvgIpc) is 2.84. The van der Waals surface area contributed by atoms with Gasteiger partial charge < -0.3 is 9.47 Å². The van der Waals surface area contributed by atoms with Crippen molar-refractivity contribution in [1.29, 1.82) is 0 Å². The first-order valence-corrected chi connectivity index (χ1v) is 12.7. The standard InChI is InChI=1S/C29H40O2/c1-3-5-7-23-10-14-27(15-11-23)29-30-20-28(21-31-29)26-18-16-25(17-19-26)24-12-8-22(6-4-2)9-13-24/h10-11,14-19,22,24,28-29H,3-9,12-13,20-21H2,1-2H3. The Hall–Kier alpha value is -1.64. The van der Waals surface area contributed by atoms with Crippen molar-refractivity contribution in [1.82, 2.24) is 0 Å². The number of ether oxygens (including phenoxy) is 2. The maximum Gasteiger partial charge on any atom is 0.183 e. The summed E-state index contributed by atoms with van der Waals surface area (Å²) in [5.41, 5.74) is 5.40. The van der Waals surface area contributed by atoms with Gasteiger partial charge in [-0.1, -0.05) is 81.6 Å². The van der Waals surface area contributed by atoms with E-state index in [1.807, 2.05) is 0 Å². The van der Waals surface area contributed by atoms with E-state index in [9.17, 15) is 0 Å². The van der Waals surface area contributed by atoms with Gasteiger partial charge in [0.25, 0.3) is 0 Å². The van der Waals surface area contributed by atoms with Gasteiger partial charge in [-0.15, -0.1) is 0 Å². The molecule has 1 saturated heterocycles. The Morgan fingerprint density at radius 1 is 0.677 bits per heavy atom. The molecule has 1 aliphatic carbocycles. The molecule has 0 atom stereocenters. The highest BCUT2D eigenvalue weighted by Gasteiger charge is 2.26. The fourth-order valence-corrected chi connectivity index (χ4v) is 5.34. The van der Waals surface area contributed by atoms with Crippen LogP contribution >= 0.6 is 0 Å². The van der Waals surface area contributed by atoms with Crippen LogP contribution in [0.3, 0.4) is 0 Å². The molecule has 2 aliphatic rings. The van der Waals surface area contributed by atoms with Crippen LogP contribution in [-0.2, 0) is 15.9 Å². The molecule has 1 saturated carbocycles. The number of unbranched alkanes of at least 4 members (excludes halogenated alkanes) is 1. The first-order valence-electron chi connectivity index (χ1n) is 12.7. The summed E-state index contributed by atoms with van der Waals surface area (Å²) >= 11 is 0. The number of hydrogen-bond donors (Lipinski definition) is 0. The van der Waals surface area contributed by atoms with Crippen LogP contribution in [0.1, 0.15) is 106 Å². The molecule has 168 valence electrons. The second kappa shape index (κ2) is 11.3. The van der Waals surface area contributed by atoms with Crippen LogP contribution in [0.4, 0.5) is 0 Å².